The first-order chi connectivity index (χ1) is 7.67. The lowest BCUT2D eigenvalue weighted by Gasteiger charge is -2.15. The van der Waals surface area contributed by atoms with Crippen LogP contribution in [-0.2, 0) is 6.54 Å². The predicted octanol–water partition coefficient (Wildman–Crippen LogP) is 3.91. The second-order valence-corrected chi connectivity index (χ2v) is 4.57. The van der Waals surface area contributed by atoms with Gasteiger partial charge in [-0.2, -0.15) is 0 Å². The Labute approximate surface area is 98.7 Å². The number of ketones is 1. The minimum Gasteiger partial charge on any atom is -0.353 e. The van der Waals surface area contributed by atoms with Crippen molar-refractivity contribution in [2.75, 3.05) is 0 Å². The molecule has 0 spiro atoms. The number of carbonyl (C=O) groups excluding carboxylic acids is 1. The zero-order chi connectivity index (χ0) is 12.0. The first-order valence-electron chi connectivity index (χ1n) is 6.34. The van der Waals surface area contributed by atoms with E-state index in [1.807, 2.05) is 18.5 Å². The molecule has 0 aliphatic carbocycles. The summed E-state index contributed by atoms with van der Waals surface area (Å²) in [5.41, 5.74) is 0.824. The van der Waals surface area contributed by atoms with Crippen LogP contribution in [0, 0.1) is 5.92 Å². The molecule has 0 N–H and O–H groups in total. The smallest absolute Gasteiger partial charge is 0.161 e. The highest BCUT2D eigenvalue weighted by atomic mass is 16.1. The molecule has 1 heterocycles. The summed E-state index contributed by atoms with van der Waals surface area (Å²) in [5.74, 6) is 0.896. The molecule has 1 rings (SSSR count). The number of Topliss-reactive ketones (excluding diaryl/α,β-unsaturated/α-hetero) is 1. The van der Waals surface area contributed by atoms with Crippen molar-refractivity contribution < 1.29 is 4.79 Å². The Morgan fingerprint density at radius 1 is 1.44 bits per heavy atom. The van der Waals surface area contributed by atoms with Crippen LogP contribution in [0.5, 0.6) is 0 Å². The van der Waals surface area contributed by atoms with Crippen molar-refractivity contribution in [2.45, 2.75) is 53.0 Å². The third-order valence-electron chi connectivity index (χ3n) is 3.17. The Morgan fingerprint density at radius 2 is 2.19 bits per heavy atom. The van der Waals surface area contributed by atoms with Crippen LogP contribution < -0.4 is 0 Å². The average Bonchev–Trinajstić information content (AvgIpc) is 2.72. The van der Waals surface area contributed by atoms with Crippen LogP contribution in [-0.4, -0.2) is 10.4 Å². The zero-order valence-electron chi connectivity index (χ0n) is 10.7. The van der Waals surface area contributed by atoms with E-state index in [9.17, 15) is 4.79 Å². The van der Waals surface area contributed by atoms with Crippen LogP contribution in [0.1, 0.15) is 56.8 Å². The second-order valence-electron chi connectivity index (χ2n) is 4.57. The number of hydrogen-bond acceptors (Lipinski definition) is 1. The van der Waals surface area contributed by atoms with Crippen LogP contribution in [0.15, 0.2) is 18.5 Å². The third kappa shape index (κ3) is 3.84. The molecule has 0 amide bonds. The number of nitrogens with zero attached hydrogens (tertiary/aromatic N) is 1. The summed E-state index contributed by atoms with van der Waals surface area (Å²) in [6.45, 7) is 7.14. The lowest BCUT2D eigenvalue weighted by molar-refractivity contribution is 0.101. The number of hydrogen-bond donors (Lipinski definition) is 0. The molecule has 0 aliphatic rings. The van der Waals surface area contributed by atoms with Crippen molar-refractivity contribution in [3.8, 4) is 0 Å². The van der Waals surface area contributed by atoms with E-state index in [1.165, 1.54) is 25.7 Å². The van der Waals surface area contributed by atoms with E-state index in [0.717, 1.165) is 18.0 Å². The van der Waals surface area contributed by atoms with E-state index in [2.05, 4.69) is 18.4 Å². The maximum Gasteiger partial charge on any atom is 0.161 e. The van der Waals surface area contributed by atoms with Gasteiger partial charge in [-0.15, -0.1) is 0 Å². The molecular formula is C14H23NO. The van der Waals surface area contributed by atoms with Gasteiger partial charge in [0.2, 0.25) is 0 Å². The fourth-order valence-corrected chi connectivity index (χ4v) is 1.98. The molecule has 2 nitrogen and oxygen atoms in total. The fraction of sp³-hybridized carbons (Fsp3) is 0.643. The van der Waals surface area contributed by atoms with E-state index in [-0.39, 0.29) is 5.78 Å². The average molecular weight is 221 g/mol. The minimum atomic E-state index is 0.153. The summed E-state index contributed by atoms with van der Waals surface area (Å²) in [5, 5.41) is 0. The van der Waals surface area contributed by atoms with Crippen molar-refractivity contribution in [2.24, 2.45) is 5.92 Å². The van der Waals surface area contributed by atoms with E-state index in [4.69, 9.17) is 0 Å². The quantitative estimate of drug-likeness (QED) is 0.640. The molecule has 0 saturated carbocycles. The Kier molecular flexibility index (Phi) is 5.30. The number of rotatable bonds is 7. The zero-order valence-corrected chi connectivity index (χ0v) is 10.7. The van der Waals surface area contributed by atoms with E-state index < -0.39 is 0 Å². The molecular weight excluding hydrogens is 198 g/mol. The summed E-state index contributed by atoms with van der Waals surface area (Å²) in [7, 11) is 0. The molecule has 1 atom stereocenters. The van der Waals surface area contributed by atoms with Gasteiger partial charge in [0, 0.05) is 24.5 Å². The second kappa shape index (κ2) is 6.51. The number of carbonyl (C=O) groups is 1. The molecule has 0 saturated heterocycles. The summed E-state index contributed by atoms with van der Waals surface area (Å²) >= 11 is 0. The molecule has 1 aromatic heterocycles. The van der Waals surface area contributed by atoms with Crippen molar-refractivity contribution in [3.05, 3.63) is 24.0 Å². The highest BCUT2D eigenvalue weighted by molar-refractivity contribution is 5.93. The molecule has 1 aromatic rings. The normalized spacial score (nSPS) is 12.7. The van der Waals surface area contributed by atoms with Crippen molar-refractivity contribution in [1.29, 1.82) is 0 Å². The molecule has 0 radical (unpaired) electrons. The van der Waals surface area contributed by atoms with Crippen molar-refractivity contribution in [3.63, 3.8) is 0 Å². The molecule has 1 unspecified atom stereocenters. The van der Waals surface area contributed by atoms with Crippen LogP contribution in [0.3, 0.4) is 0 Å². The topological polar surface area (TPSA) is 22.0 Å². The van der Waals surface area contributed by atoms with Gasteiger partial charge >= 0.3 is 0 Å². The van der Waals surface area contributed by atoms with Gasteiger partial charge in [-0.05, 0) is 25.3 Å². The first-order valence-corrected chi connectivity index (χ1v) is 6.34. The van der Waals surface area contributed by atoms with Crippen LogP contribution in [0.2, 0.25) is 0 Å². The lowest BCUT2D eigenvalue weighted by atomic mass is 9.99. The van der Waals surface area contributed by atoms with Gasteiger partial charge in [0.1, 0.15) is 0 Å². The number of unbranched alkanes of at least 4 members (excludes halogenated alkanes) is 1. The Balaban J connectivity index is 2.52. The van der Waals surface area contributed by atoms with Crippen molar-refractivity contribution in [1.82, 2.24) is 4.57 Å². The van der Waals surface area contributed by atoms with Crippen LogP contribution in [0.25, 0.3) is 0 Å². The molecule has 16 heavy (non-hydrogen) atoms. The lowest BCUT2D eigenvalue weighted by Crippen LogP contribution is -2.08. The van der Waals surface area contributed by atoms with Gasteiger partial charge in [0.15, 0.2) is 5.78 Å². The molecule has 0 aliphatic heterocycles. The number of aromatic nitrogens is 1. The largest absolute Gasteiger partial charge is 0.353 e. The minimum absolute atomic E-state index is 0.153. The highest BCUT2D eigenvalue weighted by Gasteiger charge is 2.08. The maximum absolute atomic E-state index is 11.2. The van der Waals surface area contributed by atoms with Crippen LogP contribution >= 0.6 is 0 Å². The van der Waals surface area contributed by atoms with Crippen molar-refractivity contribution >= 4 is 5.78 Å². The molecule has 0 aromatic carbocycles. The Morgan fingerprint density at radius 3 is 2.69 bits per heavy atom. The molecule has 0 bridgehead atoms. The maximum atomic E-state index is 11.2. The standard InChI is InChI=1S/C14H23NO/c1-4-6-7-13(5-2)10-15-9-8-14(11-15)12(3)16/h8-9,11,13H,4-7,10H2,1-3H3. The predicted molar refractivity (Wildman–Crippen MR) is 67.7 cm³/mol. The summed E-state index contributed by atoms with van der Waals surface area (Å²) in [6, 6.07) is 1.91. The molecule has 90 valence electrons. The van der Waals surface area contributed by atoms with E-state index in [0.29, 0.717) is 0 Å². The van der Waals surface area contributed by atoms with Gasteiger partial charge in [-0.3, -0.25) is 4.79 Å². The van der Waals surface area contributed by atoms with E-state index >= 15 is 0 Å². The van der Waals surface area contributed by atoms with Gasteiger partial charge in [-0.1, -0.05) is 33.1 Å². The van der Waals surface area contributed by atoms with Gasteiger partial charge in [0.05, 0.1) is 0 Å². The highest BCUT2D eigenvalue weighted by Crippen LogP contribution is 2.16. The Hall–Kier alpha value is -1.05. The van der Waals surface area contributed by atoms with Crippen LogP contribution in [0.4, 0.5) is 0 Å². The summed E-state index contributed by atoms with van der Waals surface area (Å²) in [4.78, 5) is 11.2. The van der Waals surface area contributed by atoms with Gasteiger partial charge in [-0.25, -0.2) is 0 Å². The monoisotopic (exact) mass is 221 g/mol. The van der Waals surface area contributed by atoms with E-state index in [1.54, 1.807) is 6.92 Å². The van der Waals surface area contributed by atoms with Gasteiger partial charge < -0.3 is 4.57 Å². The summed E-state index contributed by atoms with van der Waals surface area (Å²) in [6.07, 6.45) is 9.07. The fourth-order valence-electron chi connectivity index (χ4n) is 1.98. The molecule has 0 fully saturated rings. The molecule has 2 heteroatoms. The van der Waals surface area contributed by atoms with Gasteiger partial charge in [0.25, 0.3) is 0 Å². The third-order valence-corrected chi connectivity index (χ3v) is 3.17. The SMILES string of the molecule is CCCCC(CC)Cn1ccc(C(C)=O)c1. The summed E-state index contributed by atoms with van der Waals surface area (Å²) < 4.78 is 2.15. The first kappa shape index (κ1) is 13.0. The Bertz CT molecular complexity index is 327.